The quantitative estimate of drug-likeness (QED) is 0.764. The van der Waals surface area contributed by atoms with Gasteiger partial charge >= 0.3 is 5.97 Å². The van der Waals surface area contributed by atoms with Crippen molar-refractivity contribution >= 4 is 11.9 Å². The molecule has 1 aromatic rings. The average molecular weight is 344 g/mol. The maximum absolute atomic E-state index is 12.6. The molecule has 6 nitrogen and oxygen atoms in total. The summed E-state index contributed by atoms with van der Waals surface area (Å²) in [6, 6.07) is 9.23. The highest BCUT2D eigenvalue weighted by molar-refractivity contribution is 5.94. The first kappa shape index (κ1) is 16.5. The Hall–Kier alpha value is -1.92. The highest BCUT2D eigenvalue weighted by Crippen LogP contribution is 2.42. The number of piperidine rings is 1. The van der Waals surface area contributed by atoms with Crippen LogP contribution in [0.25, 0.3) is 0 Å². The predicted molar refractivity (Wildman–Crippen MR) is 90.9 cm³/mol. The van der Waals surface area contributed by atoms with E-state index in [0.29, 0.717) is 13.1 Å². The minimum absolute atomic E-state index is 0.0143. The second kappa shape index (κ2) is 6.42. The Morgan fingerprint density at radius 2 is 1.88 bits per heavy atom. The minimum Gasteiger partial charge on any atom is -0.468 e. The van der Waals surface area contributed by atoms with Crippen molar-refractivity contribution in [2.45, 2.75) is 43.6 Å². The molecular formula is C19H24N2O4. The van der Waals surface area contributed by atoms with Crippen LogP contribution in [0.4, 0.5) is 0 Å². The van der Waals surface area contributed by atoms with Gasteiger partial charge in [0.15, 0.2) is 0 Å². The van der Waals surface area contributed by atoms with Crippen LogP contribution in [0.3, 0.4) is 0 Å². The lowest BCUT2D eigenvalue weighted by Gasteiger charge is -2.39. The molecule has 3 fully saturated rings. The van der Waals surface area contributed by atoms with Crippen molar-refractivity contribution in [2.75, 3.05) is 26.7 Å². The van der Waals surface area contributed by atoms with Gasteiger partial charge in [-0.25, -0.2) is 0 Å². The van der Waals surface area contributed by atoms with Gasteiger partial charge in [0.25, 0.3) is 5.91 Å². The van der Waals surface area contributed by atoms with Crippen LogP contribution in [-0.2, 0) is 14.3 Å². The van der Waals surface area contributed by atoms with Crippen LogP contribution >= 0.6 is 0 Å². The minimum atomic E-state index is -0.231. The molecule has 0 aliphatic carbocycles. The molecule has 25 heavy (non-hydrogen) atoms. The summed E-state index contributed by atoms with van der Waals surface area (Å²) < 4.78 is 11.3. The van der Waals surface area contributed by atoms with Crippen molar-refractivity contribution in [1.29, 1.82) is 0 Å². The SMILES string of the molecule is COC(=O)[C@@H]1CC[C@H]2OC3(CCN(C(=O)c4ccccc4)CC3)CN21. The number of benzene rings is 1. The van der Waals surface area contributed by atoms with Gasteiger partial charge in [-0.3, -0.25) is 14.5 Å². The standard InChI is InChI=1S/C19H24N2O4/c1-24-18(23)15-7-8-16-21(15)13-19(25-16)9-11-20(12-10-19)17(22)14-5-3-2-4-6-14/h2-6,15-16H,7-13H2,1H3/t15-,16+/m0/s1. The van der Waals surface area contributed by atoms with Crippen molar-refractivity contribution < 1.29 is 19.1 Å². The summed E-state index contributed by atoms with van der Waals surface area (Å²) in [5.41, 5.74) is 0.502. The fraction of sp³-hybridized carbons (Fsp3) is 0.579. The molecule has 2 atom stereocenters. The van der Waals surface area contributed by atoms with Crippen molar-refractivity contribution in [1.82, 2.24) is 9.80 Å². The number of ether oxygens (including phenoxy) is 2. The molecule has 134 valence electrons. The molecular weight excluding hydrogens is 320 g/mol. The maximum atomic E-state index is 12.6. The monoisotopic (exact) mass is 344 g/mol. The fourth-order valence-electron chi connectivity index (χ4n) is 4.38. The Morgan fingerprint density at radius 1 is 1.16 bits per heavy atom. The van der Waals surface area contributed by atoms with Crippen molar-refractivity contribution in [3.8, 4) is 0 Å². The number of likely N-dealkylation sites (tertiary alicyclic amines) is 1. The molecule has 1 amide bonds. The van der Waals surface area contributed by atoms with E-state index in [1.54, 1.807) is 0 Å². The van der Waals surface area contributed by atoms with E-state index < -0.39 is 0 Å². The first-order chi connectivity index (χ1) is 12.1. The Labute approximate surface area is 147 Å². The highest BCUT2D eigenvalue weighted by atomic mass is 16.5. The molecule has 4 rings (SSSR count). The van der Waals surface area contributed by atoms with Crippen molar-refractivity contribution in [3.05, 3.63) is 35.9 Å². The molecule has 3 aliphatic heterocycles. The first-order valence-corrected chi connectivity index (χ1v) is 8.98. The normalized spacial score (nSPS) is 28.1. The van der Waals surface area contributed by atoms with E-state index in [-0.39, 0.29) is 29.7 Å². The number of amides is 1. The molecule has 0 bridgehead atoms. The molecule has 0 radical (unpaired) electrons. The molecule has 0 N–H and O–H groups in total. The smallest absolute Gasteiger partial charge is 0.323 e. The van der Waals surface area contributed by atoms with Gasteiger partial charge in [0.2, 0.25) is 0 Å². The summed E-state index contributed by atoms with van der Waals surface area (Å²) in [4.78, 5) is 28.6. The van der Waals surface area contributed by atoms with E-state index in [0.717, 1.165) is 37.8 Å². The fourth-order valence-corrected chi connectivity index (χ4v) is 4.38. The molecule has 3 aliphatic rings. The molecule has 6 heteroatoms. The van der Waals surface area contributed by atoms with Gasteiger partial charge in [-0.15, -0.1) is 0 Å². The van der Waals surface area contributed by atoms with Crippen LogP contribution in [0, 0.1) is 0 Å². The van der Waals surface area contributed by atoms with Gasteiger partial charge in [0.1, 0.15) is 12.3 Å². The van der Waals surface area contributed by atoms with Crippen LogP contribution < -0.4 is 0 Å². The van der Waals surface area contributed by atoms with Gasteiger partial charge in [-0.05, 0) is 37.8 Å². The zero-order chi connectivity index (χ0) is 17.4. The van der Waals surface area contributed by atoms with Crippen molar-refractivity contribution in [2.24, 2.45) is 0 Å². The van der Waals surface area contributed by atoms with Crippen LogP contribution in [0.5, 0.6) is 0 Å². The number of carbonyl (C=O) groups excluding carboxylic acids is 2. The highest BCUT2D eigenvalue weighted by Gasteiger charge is 2.53. The van der Waals surface area contributed by atoms with Gasteiger partial charge in [-0.1, -0.05) is 18.2 Å². The molecule has 0 saturated carbocycles. The zero-order valence-electron chi connectivity index (χ0n) is 14.5. The lowest BCUT2D eigenvalue weighted by molar-refractivity contribution is -0.146. The number of hydrogen-bond acceptors (Lipinski definition) is 5. The Bertz CT molecular complexity index is 655. The second-order valence-corrected chi connectivity index (χ2v) is 7.20. The lowest BCUT2D eigenvalue weighted by Crippen LogP contribution is -2.49. The third-order valence-electron chi connectivity index (χ3n) is 5.77. The molecule has 0 aromatic heterocycles. The Kier molecular flexibility index (Phi) is 4.25. The first-order valence-electron chi connectivity index (χ1n) is 8.98. The summed E-state index contributed by atoms with van der Waals surface area (Å²) >= 11 is 0. The number of rotatable bonds is 2. The van der Waals surface area contributed by atoms with Crippen molar-refractivity contribution in [3.63, 3.8) is 0 Å². The Balaban J connectivity index is 1.39. The van der Waals surface area contributed by atoms with Gasteiger partial charge in [0, 0.05) is 25.2 Å². The van der Waals surface area contributed by atoms with Gasteiger partial charge < -0.3 is 14.4 Å². The number of carbonyl (C=O) groups is 2. The summed E-state index contributed by atoms with van der Waals surface area (Å²) in [5, 5.41) is 0. The van der Waals surface area contributed by atoms with Gasteiger partial charge in [-0.2, -0.15) is 0 Å². The largest absolute Gasteiger partial charge is 0.468 e. The van der Waals surface area contributed by atoms with E-state index in [9.17, 15) is 9.59 Å². The third kappa shape index (κ3) is 2.93. The van der Waals surface area contributed by atoms with Crippen LogP contribution in [0.15, 0.2) is 30.3 Å². The molecule has 3 heterocycles. The topological polar surface area (TPSA) is 59.1 Å². The summed E-state index contributed by atoms with van der Waals surface area (Å²) in [6.07, 6.45) is 3.31. The zero-order valence-corrected chi connectivity index (χ0v) is 14.5. The summed E-state index contributed by atoms with van der Waals surface area (Å²) in [5.74, 6) is -0.0822. The molecule has 1 aromatic carbocycles. The molecule has 0 unspecified atom stereocenters. The Morgan fingerprint density at radius 3 is 2.56 bits per heavy atom. The van der Waals surface area contributed by atoms with E-state index >= 15 is 0 Å². The summed E-state index contributed by atoms with van der Waals surface area (Å²) in [6.45, 7) is 2.14. The third-order valence-corrected chi connectivity index (χ3v) is 5.77. The predicted octanol–water partition coefficient (Wildman–Crippen LogP) is 1.66. The van der Waals surface area contributed by atoms with E-state index in [4.69, 9.17) is 9.47 Å². The second-order valence-electron chi connectivity index (χ2n) is 7.20. The van der Waals surface area contributed by atoms with E-state index in [1.165, 1.54) is 7.11 Å². The number of nitrogens with zero attached hydrogens (tertiary/aromatic N) is 2. The number of methoxy groups -OCH3 is 1. The molecule has 1 spiro atoms. The molecule has 3 saturated heterocycles. The number of fused-ring (bicyclic) bond motifs is 1. The maximum Gasteiger partial charge on any atom is 0.323 e. The van der Waals surface area contributed by atoms with Crippen LogP contribution in [-0.4, -0.2) is 66.3 Å². The number of hydrogen-bond donors (Lipinski definition) is 0. The number of esters is 1. The van der Waals surface area contributed by atoms with Crippen LogP contribution in [0.2, 0.25) is 0 Å². The van der Waals surface area contributed by atoms with Gasteiger partial charge in [0.05, 0.1) is 12.7 Å². The van der Waals surface area contributed by atoms with Crippen LogP contribution in [0.1, 0.15) is 36.0 Å². The lowest BCUT2D eigenvalue weighted by atomic mass is 9.90. The van der Waals surface area contributed by atoms with E-state index in [2.05, 4.69) is 4.90 Å². The average Bonchev–Trinajstić information content (AvgIpc) is 3.19. The summed E-state index contributed by atoms with van der Waals surface area (Å²) in [7, 11) is 1.44. The van der Waals surface area contributed by atoms with E-state index in [1.807, 2.05) is 35.2 Å².